The molecule has 0 N–H and O–H groups in total. The minimum absolute atomic E-state index is 0.211. The molecule has 1 aliphatic heterocycles. The Morgan fingerprint density at radius 3 is 2.25 bits per heavy atom. The van der Waals surface area contributed by atoms with Gasteiger partial charge >= 0.3 is 12.3 Å². The van der Waals surface area contributed by atoms with Gasteiger partial charge in [0.15, 0.2) is 0 Å². The molecule has 0 unspecified atom stereocenters. The molecular formula is C22H24F3N3O4. The van der Waals surface area contributed by atoms with E-state index in [1.165, 1.54) is 18.2 Å². The van der Waals surface area contributed by atoms with Crippen LogP contribution in [0.3, 0.4) is 0 Å². The molecule has 172 valence electrons. The smallest absolute Gasteiger partial charge is 0.462 e. The van der Waals surface area contributed by atoms with E-state index in [1.807, 2.05) is 0 Å². The first-order valence-corrected chi connectivity index (χ1v) is 10.2. The van der Waals surface area contributed by atoms with E-state index in [-0.39, 0.29) is 24.0 Å². The molecule has 0 aliphatic carbocycles. The minimum atomic E-state index is -4.71. The summed E-state index contributed by atoms with van der Waals surface area (Å²) >= 11 is 0. The predicted octanol–water partition coefficient (Wildman–Crippen LogP) is 3.42. The largest absolute Gasteiger partial charge is 0.573 e. The van der Waals surface area contributed by atoms with Gasteiger partial charge in [-0.1, -0.05) is 12.1 Å². The van der Waals surface area contributed by atoms with Gasteiger partial charge in [-0.3, -0.25) is 9.69 Å². The van der Waals surface area contributed by atoms with Crippen LogP contribution in [0.5, 0.6) is 5.75 Å². The van der Waals surface area contributed by atoms with Crippen molar-refractivity contribution in [2.45, 2.75) is 26.8 Å². The summed E-state index contributed by atoms with van der Waals surface area (Å²) in [7, 11) is 0. The topological polar surface area (TPSA) is 72.0 Å². The Hall–Kier alpha value is -3.14. The Morgan fingerprint density at radius 2 is 1.69 bits per heavy atom. The van der Waals surface area contributed by atoms with Gasteiger partial charge in [-0.15, -0.1) is 13.2 Å². The summed E-state index contributed by atoms with van der Waals surface area (Å²) < 4.78 is 45.6. The molecule has 0 saturated carbocycles. The molecule has 1 fully saturated rings. The molecule has 1 saturated heterocycles. The highest BCUT2D eigenvalue weighted by atomic mass is 19.4. The van der Waals surface area contributed by atoms with Gasteiger partial charge in [-0.25, -0.2) is 9.78 Å². The van der Waals surface area contributed by atoms with Crippen molar-refractivity contribution >= 4 is 11.9 Å². The molecule has 1 amide bonds. The molecule has 32 heavy (non-hydrogen) atoms. The molecule has 0 spiro atoms. The summed E-state index contributed by atoms with van der Waals surface area (Å²) in [5.41, 5.74) is 1.89. The van der Waals surface area contributed by atoms with Crippen LogP contribution in [0.4, 0.5) is 13.2 Å². The van der Waals surface area contributed by atoms with Crippen LogP contribution in [0.25, 0.3) is 0 Å². The molecular weight excluding hydrogens is 427 g/mol. The zero-order valence-corrected chi connectivity index (χ0v) is 17.8. The van der Waals surface area contributed by atoms with Gasteiger partial charge in [-0.2, -0.15) is 0 Å². The number of nitrogens with zero attached hydrogens (tertiary/aromatic N) is 3. The van der Waals surface area contributed by atoms with Crippen molar-refractivity contribution in [3.63, 3.8) is 0 Å². The molecule has 3 rings (SSSR count). The van der Waals surface area contributed by atoms with Crippen molar-refractivity contribution in [3.05, 3.63) is 58.9 Å². The normalized spacial score (nSPS) is 14.8. The zero-order valence-electron chi connectivity index (χ0n) is 17.8. The number of carbonyl (C=O) groups is 2. The van der Waals surface area contributed by atoms with Crippen LogP contribution in [0, 0.1) is 6.92 Å². The summed E-state index contributed by atoms with van der Waals surface area (Å²) in [4.78, 5) is 32.8. The van der Waals surface area contributed by atoms with Crippen LogP contribution in [-0.4, -0.2) is 65.8 Å². The summed E-state index contributed by atoms with van der Waals surface area (Å²) in [5.74, 6) is -0.937. The average Bonchev–Trinajstić information content (AvgIpc) is 2.74. The fourth-order valence-electron chi connectivity index (χ4n) is 3.43. The third kappa shape index (κ3) is 6.19. The number of carbonyl (C=O) groups excluding carboxylic acids is 2. The van der Waals surface area contributed by atoms with Gasteiger partial charge in [-0.05, 0) is 43.7 Å². The van der Waals surface area contributed by atoms with Gasteiger partial charge in [0.25, 0.3) is 5.91 Å². The summed E-state index contributed by atoms with van der Waals surface area (Å²) in [5, 5.41) is 0. The Morgan fingerprint density at radius 1 is 1.03 bits per heavy atom. The van der Waals surface area contributed by atoms with Crippen LogP contribution in [-0.2, 0) is 11.3 Å². The standard InChI is InChI=1S/C22H24F3N3O4/c1-3-31-21(30)18-8-9-19(26-15(18)2)20(29)28-12-10-27(11-13-28)14-16-4-6-17(7-5-16)32-22(23,24)25/h4-9H,3,10-14H2,1-2H3. The molecule has 2 heterocycles. The van der Waals surface area contributed by atoms with Gasteiger partial charge in [0.05, 0.1) is 17.9 Å². The summed E-state index contributed by atoms with van der Waals surface area (Å²) in [6, 6.07) is 8.84. The number of ether oxygens (including phenoxy) is 2. The first-order chi connectivity index (χ1) is 15.2. The lowest BCUT2D eigenvalue weighted by atomic mass is 10.1. The highest BCUT2D eigenvalue weighted by Crippen LogP contribution is 2.23. The van der Waals surface area contributed by atoms with E-state index >= 15 is 0 Å². The summed E-state index contributed by atoms with van der Waals surface area (Å²) in [6.45, 7) is 6.41. The Kier molecular flexibility index (Phi) is 7.34. The number of hydrogen-bond donors (Lipinski definition) is 0. The number of halogens is 3. The number of pyridine rings is 1. The third-order valence-corrected chi connectivity index (χ3v) is 5.02. The predicted molar refractivity (Wildman–Crippen MR) is 109 cm³/mol. The molecule has 1 aromatic carbocycles. The Labute approximate surface area is 183 Å². The van der Waals surface area contributed by atoms with Crippen molar-refractivity contribution in [2.24, 2.45) is 0 Å². The number of hydrogen-bond acceptors (Lipinski definition) is 6. The van der Waals surface area contributed by atoms with Crippen LogP contribution in [0.2, 0.25) is 0 Å². The van der Waals surface area contributed by atoms with Crippen LogP contribution >= 0.6 is 0 Å². The Bertz CT molecular complexity index is 956. The first-order valence-electron chi connectivity index (χ1n) is 10.2. The van der Waals surface area contributed by atoms with Gasteiger partial charge in [0, 0.05) is 32.7 Å². The number of rotatable bonds is 6. The molecule has 1 aromatic heterocycles. The minimum Gasteiger partial charge on any atom is -0.462 e. The van der Waals surface area contributed by atoms with Crippen LogP contribution in [0.1, 0.15) is 39.0 Å². The van der Waals surface area contributed by atoms with Crippen molar-refractivity contribution in [3.8, 4) is 5.75 Å². The number of amides is 1. The third-order valence-electron chi connectivity index (χ3n) is 5.02. The van der Waals surface area contributed by atoms with E-state index in [1.54, 1.807) is 36.9 Å². The number of aromatic nitrogens is 1. The highest BCUT2D eigenvalue weighted by Gasteiger charge is 2.31. The quantitative estimate of drug-likeness (QED) is 0.627. The molecule has 10 heteroatoms. The van der Waals surface area contributed by atoms with Gasteiger partial charge < -0.3 is 14.4 Å². The SMILES string of the molecule is CCOC(=O)c1ccc(C(=O)N2CCN(Cc3ccc(OC(F)(F)F)cc3)CC2)nc1C. The van der Waals surface area contributed by atoms with Gasteiger partial charge in [0.1, 0.15) is 11.4 Å². The zero-order chi connectivity index (χ0) is 23.3. The Balaban J connectivity index is 1.53. The second-order valence-corrected chi connectivity index (χ2v) is 7.31. The van der Waals surface area contributed by atoms with Crippen LogP contribution in [0.15, 0.2) is 36.4 Å². The van der Waals surface area contributed by atoms with E-state index in [2.05, 4.69) is 14.6 Å². The van der Waals surface area contributed by atoms with Crippen molar-refractivity contribution in [2.75, 3.05) is 32.8 Å². The first kappa shape index (κ1) is 23.5. The highest BCUT2D eigenvalue weighted by molar-refractivity contribution is 5.95. The van der Waals surface area contributed by atoms with Crippen molar-refractivity contribution in [1.29, 1.82) is 0 Å². The fraction of sp³-hybridized carbons (Fsp3) is 0.409. The number of benzene rings is 1. The van der Waals surface area contributed by atoms with Crippen molar-refractivity contribution in [1.82, 2.24) is 14.8 Å². The maximum Gasteiger partial charge on any atom is 0.573 e. The second kappa shape index (κ2) is 9.99. The average molecular weight is 451 g/mol. The monoisotopic (exact) mass is 451 g/mol. The lowest BCUT2D eigenvalue weighted by Gasteiger charge is -2.34. The molecule has 7 nitrogen and oxygen atoms in total. The maximum atomic E-state index is 12.8. The number of aryl methyl sites for hydroxylation is 1. The van der Waals surface area contributed by atoms with E-state index < -0.39 is 12.3 Å². The maximum absolute atomic E-state index is 12.8. The molecule has 0 radical (unpaired) electrons. The van der Waals surface area contributed by atoms with E-state index in [4.69, 9.17) is 4.74 Å². The molecule has 0 atom stereocenters. The summed E-state index contributed by atoms with van der Waals surface area (Å²) in [6.07, 6.45) is -4.71. The lowest BCUT2D eigenvalue weighted by Crippen LogP contribution is -2.48. The number of esters is 1. The van der Waals surface area contributed by atoms with E-state index in [0.29, 0.717) is 44.0 Å². The molecule has 1 aliphatic rings. The fourth-order valence-corrected chi connectivity index (χ4v) is 3.43. The van der Waals surface area contributed by atoms with Gasteiger partial charge in [0.2, 0.25) is 0 Å². The molecule has 2 aromatic rings. The second-order valence-electron chi connectivity index (χ2n) is 7.31. The van der Waals surface area contributed by atoms with Crippen LogP contribution < -0.4 is 4.74 Å². The number of alkyl halides is 3. The molecule has 0 bridgehead atoms. The van der Waals surface area contributed by atoms with E-state index in [9.17, 15) is 22.8 Å². The number of piperazine rings is 1. The van der Waals surface area contributed by atoms with E-state index in [0.717, 1.165) is 5.56 Å². The van der Waals surface area contributed by atoms with Crippen molar-refractivity contribution < 1.29 is 32.2 Å². The lowest BCUT2D eigenvalue weighted by molar-refractivity contribution is -0.274.